The van der Waals surface area contributed by atoms with Gasteiger partial charge in [0.25, 0.3) is 5.91 Å². The molecule has 7 nitrogen and oxygen atoms in total. The lowest BCUT2D eigenvalue weighted by molar-refractivity contribution is 0.0708. The first kappa shape index (κ1) is 15.5. The van der Waals surface area contributed by atoms with Gasteiger partial charge in [0, 0.05) is 12.6 Å². The summed E-state index contributed by atoms with van der Waals surface area (Å²) in [6.07, 6.45) is 3.27. The number of hydrogen-bond acceptors (Lipinski definition) is 5. The lowest BCUT2D eigenvalue weighted by atomic mass is 10.1. The standard InChI is InChI=1S/C17H16FN5O2/c1-11-9-16(25-20-11)15-3-2-8-22(15)17(24)14-10-23(21-19-14)13-6-4-12(18)5-7-13/h4-7,9-10,15H,2-3,8H2,1H3/t15-/m0/s1. The minimum Gasteiger partial charge on any atom is -0.359 e. The Bertz CT molecular complexity index is 902. The molecule has 1 aromatic carbocycles. The topological polar surface area (TPSA) is 77.0 Å². The van der Waals surface area contributed by atoms with Crippen molar-refractivity contribution in [3.05, 3.63) is 59.5 Å². The third-order valence-corrected chi connectivity index (χ3v) is 4.29. The Kier molecular flexibility index (Phi) is 3.79. The van der Waals surface area contributed by atoms with Gasteiger partial charge in [-0.25, -0.2) is 9.07 Å². The molecule has 1 saturated heterocycles. The second kappa shape index (κ2) is 6.12. The Morgan fingerprint density at radius 3 is 2.84 bits per heavy atom. The van der Waals surface area contributed by atoms with E-state index in [2.05, 4.69) is 15.5 Å². The van der Waals surface area contributed by atoms with Crippen molar-refractivity contribution in [2.75, 3.05) is 6.54 Å². The molecule has 0 saturated carbocycles. The molecule has 4 rings (SSSR count). The van der Waals surface area contributed by atoms with Gasteiger partial charge in [-0.15, -0.1) is 5.10 Å². The van der Waals surface area contributed by atoms with E-state index < -0.39 is 0 Å². The second-order valence-electron chi connectivity index (χ2n) is 6.05. The summed E-state index contributed by atoms with van der Waals surface area (Å²) in [5.41, 5.74) is 1.67. The molecule has 1 aliphatic heterocycles. The van der Waals surface area contributed by atoms with Gasteiger partial charge in [0.05, 0.1) is 23.6 Å². The van der Waals surface area contributed by atoms with E-state index in [1.807, 2.05) is 13.0 Å². The third-order valence-electron chi connectivity index (χ3n) is 4.29. The summed E-state index contributed by atoms with van der Waals surface area (Å²) in [5, 5.41) is 11.8. The maximum absolute atomic E-state index is 13.0. The number of carbonyl (C=O) groups excluding carboxylic acids is 1. The highest BCUT2D eigenvalue weighted by Gasteiger charge is 2.34. The lowest BCUT2D eigenvalue weighted by Crippen LogP contribution is -2.30. The number of aryl methyl sites for hydroxylation is 1. The van der Waals surface area contributed by atoms with Gasteiger partial charge in [-0.2, -0.15) is 0 Å². The first-order valence-corrected chi connectivity index (χ1v) is 8.04. The Morgan fingerprint density at radius 1 is 1.32 bits per heavy atom. The molecule has 1 aliphatic rings. The summed E-state index contributed by atoms with van der Waals surface area (Å²) in [4.78, 5) is 14.6. The van der Waals surface area contributed by atoms with Gasteiger partial charge >= 0.3 is 0 Å². The molecule has 25 heavy (non-hydrogen) atoms. The fraction of sp³-hybridized carbons (Fsp3) is 0.294. The van der Waals surface area contributed by atoms with Crippen molar-refractivity contribution in [1.82, 2.24) is 25.1 Å². The van der Waals surface area contributed by atoms with Crippen LogP contribution in [-0.2, 0) is 0 Å². The van der Waals surface area contributed by atoms with Crippen LogP contribution < -0.4 is 0 Å². The molecule has 128 valence electrons. The van der Waals surface area contributed by atoms with Crippen molar-refractivity contribution in [3.8, 4) is 5.69 Å². The Balaban J connectivity index is 1.57. The zero-order chi connectivity index (χ0) is 17.4. The van der Waals surface area contributed by atoms with E-state index in [1.165, 1.54) is 16.8 Å². The zero-order valence-corrected chi connectivity index (χ0v) is 13.6. The molecule has 0 aliphatic carbocycles. The van der Waals surface area contributed by atoms with Gasteiger partial charge in [-0.1, -0.05) is 10.4 Å². The molecule has 1 fully saturated rings. The highest BCUT2D eigenvalue weighted by molar-refractivity contribution is 5.92. The third kappa shape index (κ3) is 2.90. The highest BCUT2D eigenvalue weighted by atomic mass is 19.1. The number of amides is 1. The van der Waals surface area contributed by atoms with Gasteiger partial charge in [0.15, 0.2) is 11.5 Å². The molecule has 0 spiro atoms. The molecule has 2 aromatic heterocycles. The van der Waals surface area contributed by atoms with E-state index in [0.717, 1.165) is 18.5 Å². The lowest BCUT2D eigenvalue weighted by Gasteiger charge is -2.21. The Morgan fingerprint density at radius 2 is 2.12 bits per heavy atom. The van der Waals surface area contributed by atoms with Crippen molar-refractivity contribution in [3.63, 3.8) is 0 Å². The van der Waals surface area contributed by atoms with Crippen LogP contribution in [0.5, 0.6) is 0 Å². The van der Waals surface area contributed by atoms with Crippen LogP contribution in [0.1, 0.15) is 40.8 Å². The molecule has 0 N–H and O–H groups in total. The van der Waals surface area contributed by atoms with E-state index in [1.54, 1.807) is 23.2 Å². The van der Waals surface area contributed by atoms with Gasteiger partial charge < -0.3 is 9.42 Å². The van der Waals surface area contributed by atoms with E-state index in [0.29, 0.717) is 18.0 Å². The summed E-state index contributed by atoms with van der Waals surface area (Å²) in [5.74, 6) is 0.154. The minimum absolute atomic E-state index is 0.135. The quantitative estimate of drug-likeness (QED) is 0.732. The number of likely N-dealkylation sites (tertiary alicyclic amines) is 1. The second-order valence-corrected chi connectivity index (χ2v) is 6.05. The molecule has 1 amide bonds. The van der Waals surface area contributed by atoms with Gasteiger partial charge in [0.1, 0.15) is 5.82 Å². The predicted molar refractivity (Wildman–Crippen MR) is 85.6 cm³/mol. The average Bonchev–Trinajstić information content (AvgIpc) is 3.35. The summed E-state index contributed by atoms with van der Waals surface area (Å²) >= 11 is 0. The first-order chi connectivity index (χ1) is 12.1. The van der Waals surface area contributed by atoms with Gasteiger partial charge in [0.2, 0.25) is 0 Å². The van der Waals surface area contributed by atoms with E-state index in [4.69, 9.17) is 4.52 Å². The largest absolute Gasteiger partial charge is 0.359 e. The molecule has 0 unspecified atom stereocenters. The number of carbonyl (C=O) groups is 1. The monoisotopic (exact) mass is 341 g/mol. The number of halogens is 1. The van der Waals surface area contributed by atoms with E-state index >= 15 is 0 Å². The zero-order valence-electron chi connectivity index (χ0n) is 13.6. The smallest absolute Gasteiger partial charge is 0.276 e. The average molecular weight is 341 g/mol. The number of rotatable bonds is 3. The Hall–Kier alpha value is -3.03. The molecular weight excluding hydrogens is 325 g/mol. The van der Waals surface area contributed by atoms with Crippen LogP contribution in [0.3, 0.4) is 0 Å². The van der Waals surface area contributed by atoms with Gasteiger partial charge in [-0.05, 0) is 44.0 Å². The summed E-state index contributed by atoms with van der Waals surface area (Å²) in [6, 6.07) is 7.54. The van der Waals surface area contributed by atoms with Crippen molar-refractivity contribution in [2.24, 2.45) is 0 Å². The van der Waals surface area contributed by atoms with E-state index in [9.17, 15) is 9.18 Å². The Labute approximate surface area is 143 Å². The molecule has 1 atom stereocenters. The van der Waals surface area contributed by atoms with Crippen LogP contribution in [0.25, 0.3) is 5.69 Å². The molecule has 0 bridgehead atoms. The fourth-order valence-corrected chi connectivity index (χ4v) is 3.07. The summed E-state index contributed by atoms with van der Waals surface area (Å²) < 4.78 is 19.8. The predicted octanol–water partition coefficient (Wildman–Crippen LogP) is 2.68. The van der Waals surface area contributed by atoms with Crippen LogP contribution in [0.4, 0.5) is 4.39 Å². The number of hydrogen-bond donors (Lipinski definition) is 0. The van der Waals surface area contributed by atoms with Crippen molar-refractivity contribution in [1.29, 1.82) is 0 Å². The maximum Gasteiger partial charge on any atom is 0.276 e. The molecule has 3 aromatic rings. The number of benzene rings is 1. The molecular formula is C17H16FN5O2. The minimum atomic E-state index is -0.331. The maximum atomic E-state index is 13.0. The number of nitrogens with zero attached hydrogens (tertiary/aromatic N) is 5. The van der Waals surface area contributed by atoms with Crippen LogP contribution >= 0.6 is 0 Å². The fourth-order valence-electron chi connectivity index (χ4n) is 3.07. The SMILES string of the molecule is Cc1cc([C@@H]2CCCN2C(=O)c2cn(-c3ccc(F)cc3)nn2)on1. The number of aromatic nitrogens is 4. The first-order valence-electron chi connectivity index (χ1n) is 8.04. The molecule has 8 heteroatoms. The van der Waals surface area contributed by atoms with Crippen LogP contribution in [0, 0.1) is 12.7 Å². The van der Waals surface area contributed by atoms with Crippen molar-refractivity contribution >= 4 is 5.91 Å². The van der Waals surface area contributed by atoms with Gasteiger partial charge in [-0.3, -0.25) is 4.79 Å². The summed E-state index contributed by atoms with van der Waals surface area (Å²) in [7, 11) is 0. The molecule has 3 heterocycles. The van der Waals surface area contributed by atoms with Crippen molar-refractivity contribution < 1.29 is 13.7 Å². The summed E-state index contributed by atoms with van der Waals surface area (Å²) in [6.45, 7) is 2.48. The van der Waals surface area contributed by atoms with Crippen molar-refractivity contribution in [2.45, 2.75) is 25.8 Å². The van der Waals surface area contributed by atoms with Crippen LogP contribution in [0.2, 0.25) is 0 Å². The molecule has 0 radical (unpaired) electrons. The highest BCUT2D eigenvalue weighted by Crippen LogP contribution is 2.33. The van der Waals surface area contributed by atoms with Crippen LogP contribution in [-0.4, -0.2) is 37.5 Å². The van der Waals surface area contributed by atoms with Crippen LogP contribution in [0.15, 0.2) is 41.1 Å². The normalized spacial score (nSPS) is 17.2. The van der Waals surface area contributed by atoms with E-state index in [-0.39, 0.29) is 23.5 Å².